The number of carbonyl (C=O) groups is 1. The number of nitrogens with two attached hydrogens (primary N) is 1. The molecule has 1 aliphatic rings. The van der Waals surface area contributed by atoms with Gasteiger partial charge in [-0.15, -0.1) is 0 Å². The molecule has 1 amide bonds. The zero-order chi connectivity index (χ0) is 14.6. The van der Waals surface area contributed by atoms with Crippen molar-refractivity contribution in [2.45, 2.75) is 45.1 Å². The molecular formula is C14H27N3OS. The van der Waals surface area contributed by atoms with Crippen LogP contribution >= 0.6 is 12.2 Å². The molecule has 0 radical (unpaired) electrons. The van der Waals surface area contributed by atoms with Gasteiger partial charge in [-0.25, -0.2) is 0 Å². The van der Waals surface area contributed by atoms with Crippen LogP contribution in [0.15, 0.2) is 0 Å². The maximum absolute atomic E-state index is 12.3. The molecule has 5 heteroatoms. The molecule has 3 N–H and O–H groups in total. The molecule has 1 saturated carbocycles. The molecule has 0 heterocycles. The second-order valence-electron chi connectivity index (χ2n) is 6.17. The zero-order valence-electron chi connectivity index (χ0n) is 12.5. The van der Waals surface area contributed by atoms with Gasteiger partial charge in [0.05, 0.1) is 10.9 Å². The third-order valence-corrected chi connectivity index (χ3v) is 4.58. The van der Waals surface area contributed by atoms with Crippen LogP contribution in [0.2, 0.25) is 0 Å². The molecule has 0 aromatic carbocycles. The smallest absolute Gasteiger partial charge is 0.230 e. The number of nitrogens with zero attached hydrogens (tertiary/aromatic N) is 1. The fourth-order valence-electron chi connectivity index (χ4n) is 2.94. The van der Waals surface area contributed by atoms with Crippen LogP contribution in [0.3, 0.4) is 0 Å². The van der Waals surface area contributed by atoms with Crippen LogP contribution in [-0.2, 0) is 4.79 Å². The van der Waals surface area contributed by atoms with Gasteiger partial charge in [0.1, 0.15) is 0 Å². The molecule has 1 unspecified atom stereocenters. The van der Waals surface area contributed by atoms with E-state index in [0.717, 1.165) is 12.8 Å². The third kappa shape index (κ3) is 3.89. The quantitative estimate of drug-likeness (QED) is 0.727. The van der Waals surface area contributed by atoms with E-state index in [0.29, 0.717) is 6.54 Å². The van der Waals surface area contributed by atoms with E-state index in [1.807, 2.05) is 13.8 Å². The molecule has 0 aromatic rings. The number of amides is 1. The molecule has 0 saturated heterocycles. The van der Waals surface area contributed by atoms with Crippen LogP contribution in [0.25, 0.3) is 0 Å². The molecule has 1 atom stereocenters. The van der Waals surface area contributed by atoms with E-state index in [9.17, 15) is 4.79 Å². The second kappa shape index (κ2) is 6.66. The highest BCUT2D eigenvalue weighted by molar-refractivity contribution is 7.80. The van der Waals surface area contributed by atoms with Gasteiger partial charge in [0.25, 0.3) is 0 Å². The zero-order valence-corrected chi connectivity index (χ0v) is 13.3. The van der Waals surface area contributed by atoms with Crippen molar-refractivity contribution >= 4 is 23.1 Å². The van der Waals surface area contributed by atoms with Crippen molar-refractivity contribution in [3.05, 3.63) is 0 Å². The molecule has 1 aliphatic carbocycles. The van der Waals surface area contributed by atoms with Gasteiger partial charge in [-0.2, -0.15) is 0 Å². The van der Waals surface area contributed by atoms with Crippen LogP contribution < -0.4 is 11.1 Å². The maximum atomic E-state index is 12.3. The molecule has 0 bridgehead atoms. The van der Waals surface area contributed by atoms with Gasteiger partial charge in [0, 0.05) is 12.1 Å². The number of rotatable bonds is 6. The first kappa shape index (κ1) is 16.4. The topological polar surface area (TPSA) is 58.4 Å². The molecule has 1 fully saturated rings. The Labute approximate surface area is 122 Å². The minimum absolute atomic E-state index is 0.0318. The standard InChI is InChI=1S/C14H27N3OS/c1-10(2)11(12(15)19)13(18)16-9-14(17(3)4)7-5-6-8-14/h10-11H,5-9H2,1-4H3,(H2,15,19)(H,16,18). The highest BCUT2D eigenvalue weighted by atomic mass is 32.1. The van der Waals surface area contributed by atoms with E-state index in [2.05, 4.69) is 24.3 Å². The fraction of sp³-hybridized carbons (Fsp3) is 0.857. The van der Waals surface area contributed by atoms with E-state index >= 15 is 0 Å². The number of hydrogen-bond acceptors (Lipinski definition) is 3. The highest BCUT2D eigenvalue weighted by Crippen LogP contribution is 2.33. The lowest BCUT2D eigenvalue weighted by atomic mass is 9.92. The average molecular weight is 285 g/mol. The lowest BCUT2D eigenvalue weighted by Crippen LogP contribution is -2.53. The van der Waals surface area contributed by atoms with Gasteiger partial charge in [-0.3, -0.25) is 4.79 Å². The van der Waals surface area contributed by atoms with Crippen molar-refractivity contribution in [1.82, 2.24) is 10.2 Å². The van der Waals surface area contributed by atoms with E-state index in [1.54, 1.807) is 0 Å². The predicted molar refractivity (Wildman–Crippen MR) is 83.0 cm³/mol. The molecule has 0 aromatic heterocycles. The summed E-state index contributed by atoms with van der Waals surface area (Å²) in [6.07, 6.45) is 4.74. The monoisotopic (exact) mass is 285 g/mol. The highest BCUT2D eigenvalue weighted by Gasteiger charge is 2.37. The maximum Gasteiger partial charge on any atom is 0.230 e. The molecule has 110 valence electrons. The lowest BCUT2D eigenvalue weighted by molar-refractivity contribution is -0.124. The number of carbonyl (C=O) groups excluding carboxylic acids is 1. The Morgan fingerprint density at radius 2 is 1.89 bits per heavy atom. The third-order valence-electron chi connectivity index (χ3n) is 4.33. The van der Waals surface area contributed by atoms with E-state index in [4.69, 9.17) is 18.0 Å². The lowest BCUT2D eigenvalue weighted by Gasteiger charge is -2.37. The van der Waals surface area contributed by atoms with Gasteiger partial charge in [-0.05, 0) is 32.9 Å². The normalized spacial score (nSPS) is 19.7. The van der Waals surface area contributed by atoms with Gasteiger partial charge in [0.15, 0.2) is 0 Å². The van der Waals surface area contributed by atoms with Crippen molar-refractivity contribution in [1.29, 1.82) is 0 Å². The first-order chi connectivity index (χ1) is 8.80. The molecule has 1 rings (SSSR count). The van der Waals surface area contributed by atoms with E-state index < -0.39 is 0 Å². The molecule has 0 aliphatic heterocycles. The Hall–Kier alpha value is -0.680. The Balaban J connectivity index is 2.64. The Morgan fingerprint density at radius 1 is 1.37 bits per heavy atom. The molecule has 19 heavy (non-hydrogen) atoms. The summed E-state index contributed by atoms with van der Waals surface area (Å²) in [6.45, 7) is 4.63. The fourth-order valence-corrected chi connectivity index (χ4v) is 3.32. The van der Waals surface area contributed by atoms with Crippen LogP contribution in [-0.4, -0.2) is 42.0 Å². The summed E-state index contributed by atoms with van der Waals surface area (Å²) in [5.41, 5.74) is 5.78. The summed E-state index contributed by atoms with van der Waals surface area (Å²) in [7, 11) is 4.18. The Kier molecular flexibility index (Phi) is 5.74. The predicted octanol–water partition coefficient (Wildman–Crippen LogP) is 1.54. The van der Waals surface area contributed by atoms with Gasteiger partial charge < -0.3 is 16.0 Å². The number of hydrogen-bond donors (Lipinski definition) is 2. The molecular weight excluding hydrogens is 258 g/mol. The largest absolute Gasteiger partial charge is 0.393 e. The minimum Gasteiger partial charge on any atom is -0.393 e. The van der Waals surface area contributed by atoms with Crippen LogP contribution in [0.4, 0.5) is 0 Å². The summed E-state index contributed by atoms with van der Waals surface area (Å²) in [5, 5.41) is 3.06. The number of likely N-dealkylation sites (N-methyl/N-ethyl adjacent to an activating group) is 1. The van der Waals surface area contributed by atoms with Crippen molar-refractivity contribution in [2.24, 2.45) is 17.6 Å². The van der Waals surface area contributed by atoms with Crippen LogP contribution in [0, 0.1) is 11.8 Å². The van der Waals surface area contributed by atoms with Crippen LogP contribution in [0.5, 0.6) is 0 Å². The summed E-state index contributed by atoms with van der Waals surface area (Å²) in [5.74, 6) is -0.261. The number of thiocarbonyl (C=S) groups is 1. The van der Waals surface area contributed by atoms with E-state index in [1.165, 1.54) is 12.8 Å². The van der Waals surface area contributed by atoms with Crippen molar-refractivity contribution in [2.75, 3.05) is 20.6 Å². The summed E-state index contributed by atoms with van der Waals surface area (Å²) in [6, 6.07) is 0. The minimum atomic E-state index is -0.365. The van der Waals surface area contributed by atoms with Crippen molar-refractivity contribution in [3.8, 4) is 0 Å². The SMILES string of the molecule is CC(C)C(C(=O)NCC1(N(C)C)CCCC1)C(N)=S. The van der Waals surface area contributed by atoms with Gasteiger partial charge >= 0.3 is 0 Å². The first-order valence-corrected chi connectivity index (χ1v) is 7.45. The summed E-state index contributed by atoms with van der Waals surface area (Å²) >= 11 is 5.00. The molecule has 0 spiro atoms. The average Bonchev–Trinajstić information content (AvgIpc) is 2.75. The van der Waals surface area contributed by atoms with Crippen molar-refractivity contribution in [3.63, 3.8) is 0 Å². The summed E-state index contributed by atoms with van der Waals surface area (Å²) in [4.78, 5) is 14.8. The van der Waals surface area contributed by atoms with E-state index in [-0.39, 0.29) is 28.3 Å². The van der Waals surface area contributed by atoms with Crippen molar-refractivity contribution < 1.29 is 4.79 Å². The van der Waals surface area contributed by atoms with Crippen LogP contribution in [0.1, 0.15) is 39.5 Å². The first-order valence-electron chi connectivity index (χ1n) is 7.04. The second-order valence-corrected chi connectivity index (χ2v) is 6.64. The Bertz CT molecular complexity index is 336. The van der Waals surface area contributed by atoms with Gasteiger partial charge in [0.2, 0.25) is 5.91 Å². The van der Waals surface area contributed by atoms with Gasteiger partial charge in [-0.1, -0.05) is 38.9 Å². The number of nitrogens with one attached hydrogen (secondary N) is 1. The molecule has 4 nitrogen and oxygen atoms in total. The summed E-state index contributed by atoms with van der Waals surface area (Å²) < 4.78 is 0. The Morgan fingerprint density at radius 3 is 2.26 bits per heavy atom.